The summed E-state index contributed by atoms with van der Waals surface area (Å²) in [5, 5.41) is 9.66. The maximum Gasteiger partial charge on any atom is 0.261 e. The Labute approximate surface area is 159 Å². The normalized spacial score (nSPS) is 19.9. The molecule has 2 aliphatic heterocycles. The Morgan fingerprint density at radius 2 is 1.81 bits per heavy atom. The summed E-state index contributed by atoms with van der Waals surface area (Å²) in [7, 11) is 0. The number of hydrogen-bond acceptors (Lipinski definition) is 3. The van der Waals surface area contributed by atoms with Crippen LogP contribution in [0.1, 0.15) is 35.7 Å². The highest BCUT2D eigenvalue weighted by atomic mass is 19.1. The quantitative estimate of drug-likeness (QED) is 0.905. The Balaban J connectivity index is 1.63. The monoisotopic (exact) mass is 368 g/mol. The fraction of sp³-hybridized carbons (Fsp3) is 0.409. The standard InChI is InChI=1S/C22H25FN2O2/c1-16(26)14-24-12-10-22(11-13-24)15-25(20-9-5-3-7-18(20)22)21(27)17-6-2-4-8-19(17)23/h2-9,16,26H,10-15H2,1H3. The van der Waals surface area contributed by atoms with Crippen molar-refractivity contribution in [2.24, 2.45) is 0 Å². The molecule has 1 fully saturated rings. The molecule has 4 rings (SSSR count). The third-order valence-corrected chi connectivity index (χ3v) is 5.91. The van der Waals surface area contributed by atoms with Crippen LogP contribution in [0.5, 0.6) is 0 Å². The van der Waals surface area contributed by atoms with E-state index in [2.05, 4.69) is 11.0 Å². The number of fused-ring (bicyclic) bond motifs is 2. The van der Waals surface area contributed by atoms with Crippen LogP contribution in [-0.2, 0) is 5.41 Å². The first-order valence-electron chi connectivity index (χ1n) is 9.56. The lowest BCUT2D eigenvalue weighted by molar-refractivity contribution is 0.0903. The van der Waals surface area contributed by atoms with Crippen LogP contribution in [0.15, 0.2) is 48.5 Å². The third-order valence-electron chi connectivity index (χ3n) is 5.91. The molecule has 142 valence electrons. The van der Waals surface area contributed by atoms with E-state index < -0.39 is 5.82 Å². The minimum Gasteiger partial charge on any atom is -0.392 e. The third kappa shape index (κ3) is 3.26. The smallest absolute Gasteiger partial charge is 0.261 e. The second-order valence-corrected chi connectivity index (χ2v) is 7.82. The number of para-hydroxylation sites is 1. The summed E-state index contributed by atoms with van der Waals surface area (Å²) < 4.78 is 14.2. The van der Waals surface area contributed by atoms with Crippen LogP contribution in [0.4, 0.5) is 10.1 Å². The van der Waals surface area contributed by atoms with Crippen molar-refractivity contribution < 1.29 is 14.3 Å². The van der Waals surface area contributed by atoms with E-state index in [4.69, 9.17) is 0 Å². The average molecular weight is 368 g/mol. The number of amides is 1. The van der Waals surface area contributed by atoms with Gasteiger partial charge in [0.2, 0.25) is 0 Å². The predicted octanol–water partition coefficient (Wildman–Crippen LogP) is 3.20. The van der Waals surface area contributed by atoms with Crippen molar-refractivity contribution >= 4 is 11.6 Å². The summed E-state index contributed by atoms with van der Waals surface area (Å²) in [5.41, 5.74) is 2.11. The fourth-order valence-corrected chi connectivity index (χ4v) is 4.56. The second kappa shape index (κ2) is 7.06. The Morgan fingerprint density at radius 3 is 2.52 bits per heavy atom. The van der Waals surface area contributed by atoms with E-state index >= 15 is 0 Å². The number of carbonyl (C=O) groups is 1. The molecule has 0 aromatic heterocycles. The van der Waals surface area contributed by atoms with Gasteiger partial charge in [0.05, 0.1) is 11.7 Å². The molecule has 5 heteroatoms. The molecule has 2 aromatic carbocycles. The van der Waals surface area contributed by atoms with Gasteiger partial charge < -0.3 is 14.9 Å². The molecule has 4 nitrogen and oxygen atoms in total. The van der Waals surface area contributed by atoms with Gasteiger partial charge in [-0.1, -0.05) is 30.3 Å². The maximum absolute atomic E-state index is 14.2. The predicted molar refractivity (Wildman–Crippen MR) is 104 cm³/mol. The fourth-order valence-electron chi connectivity index (χ4n) is 4.56. The van der Waals surface area contributed by atoms with E-state index in [1.165, 1.54) is 11.6 Å². The topological polar surface area (TPSA) is 43.8 Å². The first-order chi connectivity index (χ1) is 13.0. The number of likely N-dealkylation sites (tertiary alicyclic amines) is 1. The van der Waals surface area contributed by atoms with Gasteiger partial charge in [0.15, 0.2) is 0 Å². The van der Waals surface area contributed by atoms with Crippen LogP contribution in [0, 0.1) is 5.82 Å². The van der Waals surface area contributed by atoms with Crippen LogP contribution in [0.2, 0.25) is 0 Å². The molecule has 2 heterocycles. The molecular weight excluding hydrogens is 343 g/mol. The summed E-state index contributed by atoms with van der Waals surface area (Å²) in [6.07, 6.45) is 1.52. The number of benzene rings is 2. The number of halogens is 1. The van der Waals surface area contributed by atoms with Gasteiger partial charge in [0.25, 0.3) is 5.91 Å². The highest BCUT2D eigenvalue weighted by molar-refractivity contribution is 6.08. The van der Waals surface area contributed by atoms with Gasteiger partial charge in [-0.3, -0.25) is 4.79 Å². The van der Waals surface area contributed by atoms with Crippen molar-refractivity contribution in [1.29, 1.82) is 0 Å². The molecule has 1 N–H and O–H groups in total. The molecule has 0 aliphatic carbocycles. The van der Waals surface area contributed by atoms with E-state index in [1.54, 1.807) is 23.1 Å². The van der Waals surface area contributed by atoms with Crippen LogP contribution in [0.25, 0.3) is 0 Å². The summed E-state index contributed by atoms with van der Waals surface area (Å²) in [5.74, 6) is -0.753. The molecule has 1 unspecified atom stereocenters. The van der Waals surface area contributed by atoms with Crippen LogP contribution in [0.3, 0.4) is 0 Å². The lowest BCUT2D eigenvalue weighted by Gasteiger charge is -2.40. The van der Waals surface area contributed by atoms with Gasteiger partial charge in [0.1, 0.15) is 5.82 Å². The number of aliphatic hydroxyl groups is 1. The molecule has 2 aliphatic rings. The van der Waals surface area contributed by atoms with Crippen LogP contribution in [-0.4, -0.2) is 48.2 Å². The van der Waals surface area contributed by atoms with E-state index in [-0.39, 0.29) is 23.0 Å². The van der Waals surface area contributed by atoms with Gasteiger partial charge in [-0.15, -0.1) is 0 Å². The van der Waals surface area contributed by atoms with E-state index in [9.17, 15) is 14.3 Å². The van der Waals surface area contributed by atoms with Crippen molar-refractivity contribution in [2.45, 2.75) is 31.3 Å². The zero-order valence-electron chi connectivity index (χ0n) is 15.6. The van der Waals surface area contributed by atoms with Gasteiger partial charge >= 0.3 is 0 Å². The Morgan fingerprint density at radius 1 is 1.15 bits per heavy atom. The number of nitrogens with zero attached hydrogens (tertiary/aromatic N) is 2. The zero-order chi connectivity index (χ0) is 19.0. The molecule has 2 aromatic rings. The average Bonchev–Trinajstić information content (AvgIpc) is 2.98. The number of piperidine rings is 1. The molecule has 1 atom stereocenters. The maximum atomic E-state index is 14.2. The Kier molecular flexibility index (Phi) is 4.74. The Bertz CT molecular complexity index is 844. The van der Waals surface area contributed by atoms with Crippen LogP contribution < -0.4 is 4.90 Å². The minimum atomic E-state index is -0.479. The number of aliphatic hydroxyl groups excluding tert-OH is 1. The summed E-state index contributed by atoms with van der Waals surface area (Å²) in [6, 6.07) is 14.2. The lowest BCUT2D eigenvalue weighted by Crippen LogP contribution is -2.47. The van der Waals surface area contributed by atoms with E-state index in [0.717, 1.165) is 31.6 Å². The van der Waals surface area contributed by atoms with Crippen molar-refractivity contribution in [3.8, 4) is 0 Å². The molecule has 0 bridgehead atoms. The zero-order valence-corrected chi connectivity index (χ0v) is 15.6. The molecule has 0 saturated carbocycles. The van der Waals surface area contributed by atoms with Gasteiger partial charge in [-0.2, -0.15) is 0 Å². The highest BCUT2D eigenvalue weighted by Crippen LogP contribution is 2.47. The van der Waals surface area contributed by atoms with Gasteiger partial charge in [-0.25, -0.2) is 4.39 Å². The van der Waals surface area contributed by atoms with E-state index in [0.29, 0.717) is 13.1 Å². The molecule has 27 heavy (non-hydrogen) atoms. The number of β-amino-alcohol motifs (C(OH)–C–C–N with tert-alkyl or cyclic N) is 1. The largest absolute Gasteiger partial charge is 0.392 e. The first-order valence-corrected chi connectivity index (χ1v) is 9.56. The van der Waals surface area contributed by atoms with E-state index in [1.807, 2.05) is 25.1 Å². The second-order valence-electron chi connectivity index (χ2n) is 7.82. The summed E-state index contributed by atoms with van der Waals surface area (Å²) in [6.45, 7) is 4.85. The highest BCUT2D eigenvalue weighted by Gasteiger charge is 2.46. The van der Waals surface area contributed by atoms with Crippen molar-refractivity contribution in [2.75, 3.05) is 31.1 Å². The molecule has 1 amide bonds. The van der Waals surface area contributed by atoms with Gasteiger partial charge in [-0.05, 0) is 56.6 Å². The van der Waals surface area contributed by atoms with Gasteiger partial charge in [0, 0.05) is 24.2 Å². The van der Waals surface area contributed by atoms with Crippen molar-refractivity contribution in [1.82, 2.24) is 4.90 Å². The number of hydrogen-bond donors (Lipinski definition) is 1. The number of carbonyl (C=O) groups excluding carboxylic acids is 1. The molecule has 1 saturated heterocycles. The molecule has 0 radical (unpaired) electrons. The SMILES string of the molecule is CC(O)CN1CCC2(CC1)CN(C(=O)c1ccccc1F)c1ccccc12. The van der Waals surface area contributed by atoms with Crippen molar-refractivity contribution in [3.63, 3.8) is 0 Å². The first kappa shape index (κ1) is 18.1. The summed E-state index contributed by atoms with van der Waals surface area (Å²) >= 11 is 0. The summed E-state index contributed by atoms with van der Waals surface area (Å²) in [4.78, 5) is 17.1. The lowest BCUT2D eigenvalue weighted by atomic mass is 9.74. The molecular formula is C22H25FN2O2. The Hall–Kier alpha value is -2.24. The number of anilines is 1. The van der Waals surface area contributed by atoms with Crippen LogP contribution >= 0.6 is 0 Å². The molecule has 1 spiro atoms. The van der Waals surface area contributed by atoms with Crippen molar-refractivity contribution in [3.05, 3.63) is 65.5 Å². The minimum absolute atomic E-state index is 0.0906. The number of rotatable bonds is 3.